The first kappa shape index (κ1) is 19.4. The Morgan fingerprint density at radius 1 is 1.19 bits per heavy atom. The molecule has 1 aromatic heterocycles. The number of nitrogens with zero attached hydrogens (tertiary/aromatic N) is 2. The van der Waals surface area contributed by atoms with Crippen LogP contribution >= 0.6 is 0 Å². The van der Waals surface area contributed by atoms with Crippen LogP contribution in [0.2, 0.25) is 0 Å². The summed E-state index contributed by atoms with van der Waals surface area (Å²) >= 11 is 0. The Bertz CT molecular complexity index is 713. The van der Waals surface area contributed by atoms with E-state index >= 15 is 0 Å². The molecule has 1 heterocycles. The van der Waals surface area contributed by atoms with Crippen molar-refractivity contribution in [3.8, 4) is 0 Å². The summed E-state index contributed by atoms with van der Waals surface area (Å²) in [7, 11) is 0. The van der Waals surface area contributed by atoms with Gasteiger partial charge in [0.05, 0.1) is 12.6 Å². The number of aliphatic imine (C=N–C) groups is 1. The molecule has 2 rings (SSSR count). The Balaban J connectivity index is 1.85. The molecule has 0 saturated heterocycles. The fourth-order valence-corrected chi connectivity index (χ4v) is 2.37. The second-order valence-corrected chi connectivity index (χ2v) is 6.06. The lowest BCUT2D eigenvalue weighted by Crippen LogP contribution is -2.38. The predicted molar refractivity (Wildman–Crippen MR) is 106 cm³/mol. The summed E-state index contributed by atoms with van der Waals surface area (Å²) in [5.41, 5.74) is 2.24. The van der Waals surface area contributed by atoms with Gasteiger partial charge in [-0.2, -0.15) is 0 Å². The smallest absolute Gasteiger partial charge is 0.227 e. The monoisotopic (exact) mass is 353 g/mol. The van der Waals surface area contributed by atoms with E-state index in [1.807, 2.05) is 38.1 Å². The van der Waals surface area contributed by atoms with Gasteiger partial charge in [0.1, 0.15) is 5.82 Å². The average Bonchev–Trinajstić information content (AvgIpc) is 2.64. The highest BCUT2D eigenvalue weighted by Gasteiger charge is 2.08. The third-order valence-corrected chi connectivity index (χ3v) is 3.78. The van der Waals surface area contributed by atoms with Gasteiger partial charge in [-0.3, -0.25) is 9.79 Å². The molecule has 6 nitrogen and oxygen atoms in total. The normalized spacial score (nSPS) is 12.3. The van der Waals surface area contributed by atoms with Crippen LogP contribution in [0.25, 0.3) is 0 Å². The summed E-state index contributed by atoms with van der Waals surface area (Å²) in [5.74, 6) is 1.16. The maximum atomic E-state index is 12.0. The Kier molecular flexibility index (Phi) is 7.61. The Morgan fingerprint density at radius 3 is 2.62 bits per heavy atom. The van der Waals surface area contributed by atoms with Gasteiger partial charge in [-0.1, -0.05) is 36.4 Å². The number of carbonyl (C=O) groups excluding carboxylic acids is 1. The quantitative estimate of drug-likeness (QED) is 0.528. The van der Waals surface area contributed by atoms with E-state index in [4.69, 9.17) is 0 Å². The van der Waals surface area contributed by atoms with Crippen molar-refractivity contribution in [2.24, 2.45) is 4.99 Å². The second kappa shape index (κ2) is 10.2. The third-order valence-electron chi connectivity index (χ3n) is 3.78. The standard InChI is InChI=1S/C20H27N5O/c1-4-21-20(24-16(3)17-8-6-5-7-9-17)22-13-12-19(26)25-18-11-10-15(2)14-23-18/h5-11,14,16H,4,12-13H2,1-3H3,(H2,21,22,24)(H,23,25,26). The number of hydrogen-bond donors (Lipinski definition) is 3. The van der Waals surface area contributed by atoms with Crippen molar-refractivity contribution in [2.45, 2.75) is 33.2 Å². The molecule has 1 atom stereocenters. The maximum Gasteiger partial charge on any atom is 0.227 e. The van der Waals surface area contributed by atoms with Crippen LogP contribution in [0.5, 0.6) is 0 Å². The summed E-state index contributed by atoms with van der Waals surface area (Å²) in [6.45, 7) is 7.21. The van der Waals surface area contributed by atoms with Crippen LogP contribution in [0.1, 0.15) is 37.4 Å². The molecule has 1 aromatic carbocycles. The summed E-state index contributed by atoms with van der Waals surface area (Å²) in [5, 5.41) is 9.35. The maximum absolute atomic E-state index is 12.0. The van der Waals surface area contributed by atoms with Gasteiger partial charge in [-0.05, 0) is 38.0 Å². The lowest BCUT2D eigenvalue weighted by Gasteiger charge is -2.18. The molecular weight excluding hydrogens is 326 g/mol. The number of rotatable bonds is 7. The van der Waals surface area contributed by atoms with Crippen molar-refractivity contribution in [3.63, 3.8) is 0 Å². The molecule has 26 heavy (non-hydrogen) atoms. The SMILES string of the molecule is CCNC(=NCCC(=O)Nc1ccc(C)cn1)NC(C)c1ccccc1. The lowest BCUT2D eigenvalue weighted by molar-refractivity contribution is -0.116. The number of pyridine rings is 1. The van der Waals surface area contributed by atoms with E-state index in [2.05, 4.69) is 45.0 Å². The van der Waals surface area contributed by atoms with E-state index in [9.17, 15) is 4.79 Å². The number of carbonyl (C=O) groups is 1. The van der Waals surface area contributed by atoms with Crippen molar-refractivity contribution in [1.29, 1.82) is 0 Å². The van der Waals surface area contributed by atoms with Gasteiger partial charge < -0.3 is 16.0 Å². The fourth-order valence-electron chi connectivity index (χ4n) is 2.37. The molecule has 0 aliphatic heterocycles. The van der Waals surface area contributed by atoms with Gasteiger partial charge in [0.2, 0.25) is 5.91 Å². The highest BCUT2D eigenvalue weighted by Crippen LogP contribution is 2.10. The number of amides is 1. The van der Waals surface area contributed by atoms with Crippen molar-refractivity contribution in [1.82, 2.24) is 15.6 Å². The van der Waals surface area contributed by atoms with Crippen LogP contribution in [0, 0.1) is 6.92 Å². The summed E-state index contributed by atoms with van der Waals surface area (Å²) in [4.78, 5) is 20.7. The van der Waals surface area contributed by atoms with Crippen LogP contribution in [0.15, 0.2) is 53.7 Å². The van der Waals surface area contributed by atoms with Crippen LogP contribution in [0.4, 0.5) is 5.82 Å². The number of guanidine groups is 1. The second-order valence-electron chi connectivity index (χ2n) is 6.06. The van der Waals surface area contributed by atoms with Crippen molar-refractivity contribution >= 4 is 17.7 Å². The third kappa shape index (κ3) is 6.55. The Hall–Kier alpha value is -2.89. The van der Waals surface area contributed by atoms with Gasteiger partial charge in [0.25, 0.3) is 0 Å². The van der Waals surface area contributed by atoms with Crippen LogP contribution in [0.3, 0.4) is 0 Å². The zero-order valence-corrected chi connectivity index (χ0v) is 15.6. The van der Waals surface area contributed by atoms with E-state index in [0.29, 0.717) is 24.7 Å². The van der Waals surface area contributed by atoms with Crippen LogP contribution < -0.4 is 16.0 Å². The zero-order chi connectivity index (χ0) is 18.8. The summed E-state index contributed by atoms with van der Waals surface area (Å²) in [6.07, 6.45) is 2.03. The van der Waals surface area contributed by atoms with Gasteiger partial charge >= 0.3 is 0 Å². The number of aromatic nitrogens is 1. The molecule has 138 valence electrons. The predicted octanol–water partition coefficient (Wildman–Crippen LogP) is 3.03. The first-order chi connectivity index (χ1) is 12.6. The minimum atomic E-state index is -0.0999. The molecule has 1 amide bonds. The van der Waals surface area contributed by atoms with E-state index < -0.39 is 0 Å². The first-order valence-electron chi connectivity index (χ1n) is 8.90. The van der Waals surface area contributed by atoms with E-state index in [1.54, 1.807) is 12.3 Å². The van der Waals surface area contributed by atoms with Crippen molar-refractivity contribution in [2.75, 3.05) is 18.4 Å². The van der Waals surface area contributed by atoms with Crippen LogP contribution in [-0.2, 0) is 4.79 Å². The molecule has 0 saturated carbocycles. The molecule has 0 aliphatic carbocycles. The van der Waals surface area contributed by atoms with Gasteiger partial charge in [0, 0.05) is 19.2 Å². The highest BCUT2D eigenvalue weighted by molar-refractivity contribution is 5.90. The van der Waals surface area contributed by atoms with E-state index in [1.165, 1.54) is 5.56 Å². The largest absolute Gasteiger partial charge is 0.357 e. The Morgan fingerprint density at radius 2 is 1.96 bits per heavy atom. The minimum Gasteiger partial charge on any atom is -0.357 e. The number of nitrogens with one attached hydrogen (secondary N) is 3. The Labute approximate surface area is 155 Å². The molecular formula is C20H27N5O. The van der Waals surface area contributed by atoms with Gasteiger partial charge in [-0.15, -0.1) is 0 Å². The van der Waals surface area contributed by atoms with E-state index in [-0.39, 0.29) is 11.9 Å². The molecule has 0 radical (unpaired) electrons. The van der Waals surface area contributed by atoms with Crippen molar-refractivity contribution in [3.05, 3.63) is 59.8 Å². The van der Waals surface area contributed by atoms with Gasteiger partial charge in [-0.25, -0.2) is 4.98 Å². The molecule has 0 bridgehead atoms. The molecule has 6 heteroatoms. The van der Waals surface area contributed by atoms with Crippen molar-refractivity contribution < 1.29 is 4.79 Å². The average molecular weight is 353 g/mol. The van der Waals surface area contributed by atoms with Crippen LogP contribution in [-0.4, -0.2) is 29.9 Å². The number of aryl methyl sites for hydroxylation is 1. The lowest BCUT2D eigenvalue weighted by atomic mass is 10.1. The summed E-state index contributed by atoms with van der Waals surface area (Å²) < 4.78 is 0. The number of anilines is 1. The zero-order valence-electron chi connectivity index (χ0n) is 15.6. The molecule has 0 spiro atoms. The topological polar surface area (TPSA) is 78.4 Å². The first-order valence-corrected chi connectivity index (χ1v) is 8.90. The minimum absolute atomic E-state index is 0.0999. The number of benzene rings is 1. The molecule has 2 aromatic rings. The van der Waals surface area contributed by atoms with Gasteiger partial charge in [0.15, 0.2) is 5.96 Å². The molecule has 1 unspecified atom stereocenters. The molecule has 0 aliphatic rings. The highest BCUT2D eigenvalue weighted by atomic mass is 16.1. The fraction of sp³-hybridized carbons (Fsp3) is 0.350. The van der Waals surface area contributed by atoms with E-state index in [0.717, 1.165) is 12.1 Å². The number of hydrogen-bond acceptors (Lipinski definition) is 3. The summed E-state index contributed by atoms with van der Waals surface area (Å²) in [6, 6.07) is 14.0. The molecule has 0 fully saturated rings. The molecule has 3 N–H and O–H groups in total.